The topological polar surface area (TPSA) is 30.5 Å². The molecule has 0 aromatic rings. The highest BCUT2D eigenvalue weighted by molar-refractivity contribution is 4.78. The quantitative estimate of drug-likeness (QED) is 0.779. The second-order valence-electron chi connectivity index (χ2n) is 5.01. The highest BCUT2D eigenvalue weighted by Gasteiger charge is 2.26. The zero-order chi connectivity index (χ0) is 11.2. The molecule has 2 aliphatic rings. The minimum absolute atomic E-state index is 0.455. The maximum absolute atomic E-state index is 5.70. The van der Waals surface area contributed by atoms with Crippen LogP contribution in [0.3, 0.4) is 0 Å². The molecule has 94 valence electrons. The molecule has 3 unspecified atom stereocenters. The summed E-state index contributed by atoms with van der Waals surface area (Å²) in [4.78, 5) is 0. The molecule has 0 bridgehead atoms. The van der Waals surface area contributed by atoms with Gasteiger partial charge >= 0.3 is 0 Å². The van der Waals surface area contributed by atoms with Gasteiger partial charge in [-0.2, -0.15) is 0 Å². The molecule has 0 amide bonds. The van der Waals surface area contributed by atoms with Gasteiger partial charge in [0.2, 0.25) is 0 Å². The van der Waals surface area contributed by atoms with Gasteiger partial charge in [0.15, 0.2) is 0 Å². The summed E-state index contributed by atoms with van der Waals surface area (Å²) in [6.45, 7) is 6.24. The summed E-state index contributed by atoms with van der Waals surface area (Å²) in [5, 5.41) is 3.56. The third-order valence-electron chi connectivity index (χ3n) is 3.80. The zero-order valence-electron chi connectivity index (χ0n) is 10.4. The Morgan fingerprint density at radius 1 is 1.06 bits per heavy atom. The van der Waals surface area contributed by atoms with Crippen molar-refractivity contribution in [3.63, 3.8) is 0 Å². The summed E-state index contributed by atoms with van der Waals surface area (Å²) in [6.07, 6.45) is 7.10. The van der Waals surface area contributed by atoms with E-state index in [0.29, 0.717) is 18.1 Å². The number of ether oxygens (including phenoxy) is 2. The molecule has 2 saturated heterocycles. The number of nitrogens with one attached hydrogen (secondary N) is 1. The van der Waals surface area contributed by atoms with Crippen LogP contribution in [0.1, 0.15) is 39.0 Å². The lowest BCUT2D eigenvalue weighted by molar-refractivity contribution is 0.0156. The van der Waals surface area contributed by atoms with E-state index in [0.717, 1.165) is 32.7 Å². The molecule has 0 aromatic carbocycles. The van der Waals surface area contributed by atoms with E-state index in [1.165, 1.54) is 25.7 Å². The molecule has 0 radical (unpaired) electrons. The highest BCUT2D eigenvalue weighted by atomic mass is 16.5. The van der Waals surface area contributed by atoms with Crippen molar-refractivity contribution >= 4 is 0 Å². The van der Waals surface area contributed by atoms with E-state index in [2.05, 4.69) is 12.2 Å². The molecule has 2 fully saturated rings. The van der Waals surface area contributed by atoms with Crippen LogP contribution in [-0.2, 0) is 9.47 Å². The van der Waals surface area contributed by atoms with Gasteiger partial charge < -0.3 is 14.8 Å². The predicted octanol–water partition coefficient (Wildman–Crippen LogP) is 1.96. The fourth-order valence-corrected chi connectivity index (χ4v) is 2.78. The average molecular weight is 227 g/mol. The van der Waals surface area contributed by atoms with Crippen molar-refractivity contribution in [1.82, 2.24) is 5.32 Å². The summed E-state index contributed by atoms with van der Waals surface area (Å²) >= 11 is 0. The van der Waals surface area contributed by atoms with Crippen LogP contribution < -0.4 is 5.32 Å². The standard InChI is InChI=1S/C13H25NO2/c1-2-13-11(6-8-16-13)9-14-10-12-5-3-4-7-15-12/h11-14H,2-10H2,1H3. The van der Waals surface area contributed by atoms with Crippen molar-refractivity contribution in [2.45, 2.75) is 51.2 Å². The molecule has 2 rings (SSSR count). The van der Waals surface area contributed by atoms with E-state index < -0.39 is 0 Å². The third-order valence-corrected chi connectivity index (χ3v) is 3.80. The maximum atomic E-state index is 5.70. The lowest BCUT2D eigenvalue weighted by Gasteiger charge is -2.24. The van der Waals surface area contributed by atoms with Crippen LogP contribution in [-0.4, -0.2) is 38.5 Å². The lowest BCUT2D eigenvalue weighted by atomic mass is 9.99. The van der Waals surface area contributed by atoms with Crippen molar-refractivity contribution in [2.75, 3.05) is 26.3 Å². The van der Waals surface area contributed by atoms with Crippen molar-refractivity contribution in [3.05, 3.63) is 0 Å². The van der Waals surface area contributed by atoms with Gasteiger partial charge in [0.1, 0.15) is 0 Å². The number of hydrogen-bond donors (Lipinski definition) is 1. The van der Waals surface area contributed by atoms with Gasteiger partial charge in [-0.15, -0.1) is 0 Å². The first-order valence-electron chi connectivity index (χ1n) is 6.84. The number of hydrogen-bond acceptors (Lipinski definition) is 3. The largest absolute Gasteiger partial charge is 0.378 e. The summed E-state index contributed by atoms with van der Waals surface area (Å²) in [5.41, 5.74) is 0. The van der Waals surface area contributed by atoms with Gasteiger partial charge in [-0.25, -0.2) is 0 Å². The fraction of sp³-hybridized carbons (Fsp3) is 1.00. The van der Waals surface area contributed by atoms with Gasteiger partial charge in [-0.1, -0.05) is 6.92 Å². The minimum Gasteiger partial charge on any atom is -0.378 e. The van der Waals surface area contributed by atoms with Gasteiger partial charge in [-0.05, 0) is 38.0 Å². The highest BCUT2D eigenvalue weighted by Crippen LogP contribution is 2.22. The SMILES string of the molecule is CCC1OCCC1CNCC1CCCCO1. The van der Waals surface area contributed by atoms with E-state index in [4.69, 9.17) is 9.47 Å². The van der Waals surface area contributed by atoms with E-state index >= 15 is 0 Å². The Hall–Kier alpha value is -0.120. The molecule has 16 heavy (non-hydrogen) atoms. The van der Waals surface area contributed by atoms with E-state index in [-0.39, 0.29) is 0 Å². The molecule has 0 aromatic heterocycles. The van der Waals surface area contributed by atoms with Gasteiger partial charge in [0, 0.05) is 26.3 Å². The lowest BCUT2D eigenvalue weighted by Crippen LogP contribution is -2.36. The minimum atomic E-state index is 0.455. The van der Waals surface area contributed by atoms with Crippen molar-refractivity contribution < 1.29 is 9.47 Å². The van der Waals surface area contributed by atoms with Crippen LogP contribution in [0.4, 0.5) is 0 Å². The molecule has 0 aliphatic carbocycles. The van der Waals surface area contributed by atoms with E-state index in [1.807, 2.05) is 0 Å². The Morgan fingerprint density at radius 2 is 2.00 bits per heavy atom. The normalized spacial score (nSPS) is 35.4. The summed E-state index contributed by atoms with van der Waals surface area (Å²) in [7, 11) is 0. The third kappa shape index (κ3) is 3.44. The molecular weight excluding hydrogens is 202 g/mol. The molecule has 0 saturated carbocycles. The van der Waals surface area contributed by atoms with Crippen LogP contribution in [0.2, 0.25) is 0 Å². The monoisotopic (exact) mass is 227 g/mol. The molecule has 2 aliphatic heterocycles. The van der Waals surface area contributed by atoms with E-state index in [9.17, 15) is 0 Å². The Balaban J connectivity index is 1.59. The fourth-order valence-electron chi connectivity index (χ4n) is 2.78. The first-order valence-corrected chi connectivity index (χ1v) is 6.84. The summed E-state index contributed by atoms with van der Waals surface area (Å²) in [5.74, 6) is 0.716. The summed E-state index contributed by atoms with van der Waals surface area (Å²) in [6, 6.07) is 0. The molecule has 3 heteroatoms. The van der Waals surface area contributed by atoms with Crippen LogP contribution in [0.25, 0.3) is 0 Å². The first-order chi connectivity index (χ1) is 7.90. The van der Waals surface area contributed by atoms with Crippen molar-refractivity contribution in [2.24, 2.45) is 5.92 Å². The Morgan fingerprint density at radius 3 is 2.75 bits per heavy atom. The zero-order valence-corrected chi connectivity index (χ0v) is 10.4. The average Bonchev–Trinajstić information content (AvgIpc) is 2.78. The smallest absolute Gasteiger partial charge is 0.0699 e. The molecule has 3 nitrogen and oxygen atoms in total. The Bertz CT molecular complexity index is 192. The molecule has 3 atom stereocenters. The molecule has 1 N–H and O–H groups in total. The molecular formula is C13H25NO2. The predicted molar refractivity (Wildman–Crippen MR) is 64.6 cm³/mol. The Labute approximate surface area is 98.9 Å². The molecule has 0 spiro atoms. The second kappa shape index (κ2) is 6.58. The maximum Gasteiger partial charge on any atom is 0.0699 e. The Kier molecular flexibility index (Phi) is 5.07. The van der Waals surface area contributed by atoms with Crippen LogP contribution in [0, 0.1) is 5.92 Å². The van der Waals surface area contributed by atoms with Crippen molar-refractivity contribution in [1.29, 1.82) is 0 Å². The van der Waals surface area contributed by atoms with Crippen LogP contribution in [0.5, 0.6) is 0 Å². The van der Waals surface area contributed by atoms with E-state index in [1.54, 1.807) is 0 Å². The van der Waals surface area contributed by atoms with Crippen LogP contribution >= 0.6 is 0 Å². The number of rotatable bonds is 5. The van der Waals surface area contributed by atoms with Crippen LogP contribution in [0.15, 0.2) is 0 Å². The first kappa shape index (κ1) is 12.3. The van der Waals surface area contributed by atoms with Gasteiger partial charge in [0.25, 0.3) is 0 Å². The second-order valence-corrected chi connectivity index (χ2v) is 5.01. The summed E-state index contributed by atoms with van der Waals surface area (Å²) < 4.78 is 11.4. The van der Waals surface area contributed by atoms with Gasteiger partial charge in [0.05, 0.1) is 12.2 Å². The van der Waals surface area contributed by atoms with Gasteiger partial charge in [-0.3, -0.25) is 0 Å². The van der Waals surface area contributed by atoms with Crippen molar-refractivity contribution in [3.8, 4) is 0 Å². The molecule has 2 heterocycles.